The van der Waals surface area contributed by atoms with E-state index in [4.69, 9.17) is 22.9 Å². The van der Waals surface area contributed by atoms with Crippen LogP contribution in [0.3, 0.4) is 0 Å². The maximum Gasteiger partial charge on any atom is 0.326 e. The third-order valence-electron chi connectivity index (χ3n) is 9.97. The van der Waals surface area contributed by atoms with Gasteiger partial charge in [-0.1, -0.05) is 44.6 Å². The van der Waals surface area contributed by atoms with E-state index in [1.165, 1.54) is 12.1 Å². The van der Waals surface area contributed by atoms with E-state index in [-0.39, 0.29) is 50.2 Å². The quantitative estimate of drug-likeness (QED) is 0.0467. The highest BCUT2D eigenvalue weighted by atomic mass is 16.4. The maximum absolute atomic E-state index is 14.2. The van der Waals surface area contributed by atoms with E-state index in [2.05, 4.69) is 31.9 Å². The summed E-state index contributed by atoms with van der Waals surface area (Å²) in [5, 5.41) is 35.7. The fourth-order valence-electron chi connectivity index (χ4n) is 6.50. The molecule has 0 radical (unpaired) electrons. The Morgan fingerprint density at radius 2 is 1.28 bits per heavy atom. The number of unbranched alkanes of at least 4 members (excludes halogenated alkanes) is 3. The average molecular weight is 845 g/mol. The zero-order chi connectivity index (χ0) is 44.6. The van der Waals surface area contributed by atoms with Gasteiger partial charge < -0.3 is 65.0 Å². The van der Waals surface area contributed by atoms with Gasteiger partial charge in [-0.15, -0.1) is 0 Å². The van der Waals surface area contributed by atoms with Crippen LogP contribution in [0, 0.1) is 5.92 Å². The lowest BCUT2D eigenvalue weighted by Gasteiger charge is -2.28. The molecule has 2 rings (SSSR count). The van der Waals surface area contributed by atoms with Crippen molar-refractivity contribution in [3.05, 3.63) is 42.0 Å². The first kappa shape index (κ1) is 51.0. The number of carboxylic acids is 1. The van der Waals surface area contributed by atoms with Gasteiger partial charge in [0.2, 0.25) is 35.4 Å². The summed E-state index contributed by atoms with van der Waals surface area (Å²) in [7, 11) is 0. The van der Waals surface area contributed by atoms with Crippen molar-refractivity contribution in [1.82, 2.24) is 31.9 Å². The van der Waals surface area contributed by atoms with Crippen molar-refractivity contribution in [2.75, 3.05) is 19.6 Å². The van der Waals surface area contributed by atoms with Crippen molar-refractivity contribution in [2.45, 2.75) is 140 Å². The van der Waals surface area contributed by atoms with Crippen LogP contribution in [0.5, 0.6) is 5.75 Å². The van der Waals surface area contributed by atoms with Gasteiger partial charge in [0.15, 0.2) is 0 Å². The number of phenols is 1. The number of hydrogen-bond acceptors (Lipinski definition) is 12. The van der Waals surface area contributed by atoms with Crippen LogP contribution in [0.4, 0.5) is 0 Å². The van der Waals surface area contributed by atoms with Crippen LogP contribution >= 0.6 is 0 Å². The molecule has 1 aliphatic heterocycles. The molecule has 0 bridgehead atoms. The molecule has 0 saturated heterocycles. The number of aliphatic carboxylic acids is 1. The molecule has 1 aliphatic rings. The van der Waals surface area contributed by atoms with Gasteiger partial charge in [-0.25, -0.2) is 4.79 Å². The Hall–Kier alpha value is -5.11. The third-order valence-corrected chi connectivity index (χ3v) is 9.97. The van der Waals surface area contributed by atoms with Gasteiger partial charge in [-0.05, 0) is 114 Å². The van der Waals surface area contributed by atoms with Crippen LogP contribution in [0.25, 0.3) is 0 Å². The number of nitrogens with two attached hydrogens (primary N) is 4. The third kappa shape index (κ3) is 18.9. The second-order valence-electron chi connectivity index (χ2n) is 15.6. The first-order valence-corrected chi connectivity index (χ1v) is 20.9. The first-order chi connectivity index (χ1) is 28.6. The normalized spacial score (nSPS) is 20.9. The zero-order valence-corrected chi connectivity index (χ0v) is 35.0. The Balaban J connectivity index is 2.55. The van der Waals surface area contributed by atoms with Gasteiger partial charge in [-0.3, -0.25) is 28.8 Å². The van der Waals surface area contributed by atoms with Crippen LogP contribution in [0.1, 0.15) is 96.5 Å². The fourth-order valence-corrected chi connectivity index (χ4v) is 6.50. The van der Waals surface area contributed by atoms with Crippen LogP contribution < -0.4 is 54.8 Å². The lowest BCUT2D eigenvalue weighted by atomic mass is 10.0. The van der Waals surface area contributed by atoms with E-state index < -0.39 is 83.7 Å². The Morgan fingerprint density at radius 1 is 0.733 bits per heavy atom. The van der Waals surface area contributed by atoms with E-state index in [0.717, 1.165) is 0 Å². The van der Waals surface area contributed by atoms with Crippen molar-refractivity contribution in [3.8, 4) is 5.75 Å². The van der Waals surface area contributed by atoms with Crippen LogP contribution in [-0.4, -0.2) is 114 Å². The zero-order valence-electron chi connectivity index (χ0n) is 35.0. The molecule has 1 heterocycles. The largest absolute Gasteiger partial charge is 0.508 e. The molecule has 336 valence electrons. The minimum absolute atomic E-state index is 0.0273. The predicted octanol–water partition coefficient (Wildman–Crippen LogP) is -0.962. The number of carbonyl (C=O) groups is 7. The summed E-state index contributed by atoms with van der Waals surface area (Å²) >= 11 is 0. The number of phenolic OH excluding ortho intramolecular Hbond substituents is 1. The summed E-state index contributed by atoms with van der Waals surface area (Å²) < 4.78 is 0. The summed E-state index contributed by atoms with van der Waals surface area (Å²) in [5.41, 5.74) is 23.7. The Bertz CT molecular complexity index is 1580. The van der Waals surface area contributed by atoms with Crippen LogP contribution in [0.15, 0.2) is 36.4 Å². The summed E-state index contributed by atoms with van der Waals surface area (Å²) in [6, 6.07) is -2.37. The highest BCUT2D eigenvalue weighted by molar-refractivity contribution is 5.97. The maximum atomic E-state index is 14.2. The molecule has 7 atom stereocenters. The molecule has 60 heavy (non-hydrogen) atoms. The van der Waals surface area contributed by atoms with E-state index in [0.29, 0.717) is 70.1 Å². The Kier molecular flexibility index (Phi) is 23.5. The Morgan fingerprint density at radius 3 is 1.85 bits per heavy atom. The molecular formula is C41H68N10O9. The van der Waals surface area contributed by atoms with Gasteiger partial charge in [0.1, 0.15) is 42.0 Å². The molecule has 0 aliphatic carbocycles. The van der Waals surface area contributed by atoms with E-state index in [9.17, 15) is 43.8 Å². The van der Waals surface area contributed by atoms with Gasteiger partial charge in [0.05, 0.1) is 6.04 Å². The number of nitrogens with one attached hydrogen (secondary N) is 6. The van der Waals surface area contributed by atoms with Gasteiger partial charge in [-0.2, -0.15) is 0 Å². The van der Waals surface area contributed by atoms with E-state index >= 15 is 0 Å². The topological polar surface area (TPSA) is 336 Å². The lowest BCUT2D eigenvalue weighted by molar-refractivity contribution is -0.142. The van der Waals surface area contributed by atoms with Gasteiger partial charge in [0, 0.05) is 6.42 Å². The molecule has 19 heteroatoms. The van der Waals surface area contributed by atoms with Crippen molar-refractivity contribution in [3.63, 3.8) is 0 Å². The number of hydrogen-bond donors (Lipinski definition) is 12. The average Bonchev–Trinajstić information content (AvgIpc) is 3.20. The smallest absolute Gasteiger partial charge is 0.326 e. The minimum Gasteiger partial charge on any atom is -0.508 e. The second-order valence-corrected chi connectivity index (χ2v) is 15.6. The minimum atomic E-state index is -1.33. The number of amides is 6. The number of carboxylic acid groups (broad SMARTS) is 1. The monoisotopic (exact) mass is 845 g/mol. The summed E-state index contributed by atoms with van der Waals surface area (Å²) in [6.07, 6.45) is 6.78. The van der Waals surface area contributed by atoms with Gasteiger partial charge in [0.25, 0.3) is 0 Å². The van der Waals surface area contributed by atoms with Crippen LogP contribution in [0.2, 0.25) is 0 Å². The highest BCUT2D eigenvalue weighted by Crippen LogP contribution is 2.14. The lowest BCUT2D eigenvalue weighted by Crippen LogP contribution is -2.60. The molecule has 0 unspecified atom stereocenters. The Labute approximate surface area is 352 Å². The second kappa shape index (κ2) is 27.6. The standard InChI is InChI=1S/C41H68N10O9/c1-25(2)23-34(41(59)60)51-40(58)33(24-26-16-18-27(52)19-17-26)50-39(57)30-13-4-3-12-29(46-35(53)28(45)11-5-8-20-42)36(54)48-31(14-6-9-21-43)38(56)49-32(37(55)47-30)15-7-10-22-44/h3-4,16-19,25,28-34,52H,5-15,20-24,42-45H2,1-2H3,(H,46,53)(H,47,55)(H,48,54)(H,49,56)(H,50,57)(H,51,58)(H,59,60)/b4-3+/t28-,29-,30-,31-,32-,33-,34-/m0/s1. The van der Waals surface area contributed by atoms with Crippen LogP contribution in [-0.2, 0) is 40.0 Å². The van der Waals surface area contributed by atoms with Gasteiger partial charge >= 0.3 is 5.97 Å². The molecule has 0 fully saturated rings. The molecule has 1 aromatic rings. The van der Waals surface area contributed by atoms with Crippen molar-refractivity contribution in [1.29, 1.82) is 0 Å². The molecule has 0 saturated carbocycles. The van der Waals surface area contributed by atoms with Crippen molar-refractivity contribution in [2.24, 2.45) is 28.9 Å². The molecule has 0 spiro atoms. The summed E-state index contributed by atoms with van der Waals surface area (Å²) in [6.45, 7) is 4.71. The molecule has 6 amide bonds. The van der Waals surface area contributed by atoms with E-state index in [1.807, 2.05) is 0 Å². The molecular weight excluding hydrogens is 777 g/mol. The molecule has 16 N–H and O–H groups in total. The summed E-state index contributed by atoms with van der Waals surface area (Å²) in [4.78, 5) is 94.7. The molecule has 1 aromatic carbocycles. The fraction of sp³-hybridized carbons (Fsp3) is 0.634. The van der Waals surface area contributed by atoms with Crippen molar-refractivity contribution < 1.29 is 43.8 Å². The molecule has 19 nitrogen and oxygen atoms in total. The summed E-state index contributed by atoms with van der Waals surface area (Å²) in [5.74, 6) is -5.55. The first-order valence-electron chi connectivity index (χ1n) is 20.9. The number of benzene rings is 1. The number of rotatable bonds is 23. The highest BCUT2D eigenvalue weighted by Gasteiger charge is 2.34. The number of carbonyl (C=O) groups excluding carboxylic acids is 6. The van der Waals surface area contributed by atoms with E-state index in [1.54, 1.807) is 38.1 Å². The number of aromatic hydroxyl groups is 1. The van der Waals surface area contributed by atoms with Crippen molar-refractivity contribution >= 4 is 41.4 Å². The SMILES string of the molecule is CC(C)C[C@H](NC(=O)[C@H](Cc1ccc(O)cc1)NC(=O)[C@@H]1C/C=C/C[C@H](NC(=O)[C@@H](N)CCCCN)C(=O)N[C@@H](CCCCN)C(=O)N[C@@H](CCCCN)C(=O)N1)C(=O)O. The predicted molar refractivity (Wildman–Crippen MR) is 226 cm³/mol. The molecule has 0 aromatic heterocycles.